The van der Waals surface area contributed by atoms with E-state index in [1.165, 1.54) is 103 Å². The molecule has 6 heteroatoms. The number of ether oxygens (including phenoxy) is 3. The molecule has 0 radical (unpaired) electrons. The summed E-state index contributed by atoms with van der Waals surface area (Å²) in [6.07, 6.45) is 65.7. The fourth-order valence-corrected chi connectivity index (χ4v) is 6.91. The molecule has 0 aliphatic rings. The van der Waals surface area contributed by atoms with Crippen molar-refractivity contribution in [2.24, 2.45) is 0 Å². The van der Waals surface area contributed by atoms with Gasteiger partial charge in [-0.2, -0.15) is 0 Å². The second-order valence-electron chi connectivity index (χ2n) is 17.1. The van der Waals surface area contributed by atoms with Crippen molar-refractivity contribution in [1.29, 1.82) is 0 Å². The van der Waals surface area contributed by atoms with Crippen LogP contribution in [-0.2, 0) is 28.6 Å². The highest BCUT2D eigenvalue weighted by Crippen LogP contribution is 2.13. The third kappa shape index (κ3) is 49.5. The van der Waals surface area contributed by atoms with E-state index in [0.717, 1.165) is 89.9 Å². The quantitative estimate of drug-likeness (QED) is 0.0262. The Morgan fingerprint density at radius 3 is 0.968 bits per heavy atom. The van der Waals surface area contributed by atoms with Crippen LogP contribution in [0.25, 0.3) is 0 Å². The molecule has 1 atom stereocenters. The largest absolute Gasteiger partial charge is 0.462 e. The number of carbonyl (C=O) groups excluding carboxylic acids is 3. The van der Waals surface area contributed by atoms with Gasteiger partial charge in [-0.3, -0.25) is 14.4 Å². The Hall–Kier alpha value is -3.41. The second kappa shape index (κ2) is 51.2. The van der Waals surface area contributed by atoms with Crippen molar-refractivity contribution >= 4 is 17.9 Å². The average Bonchev–Trinajstić information content (AvgIpc) is 3.28. The molecule has 0 aliphatic heterocycles. The van der Waals surface area contributed by atoms with Gasteiger partial charge in [-0.25, -0.2) is 0 Å². The van der Waals surface area contributed by atoms with Crippen LogP contribution in [0.1, 0.15) is 239 Å². The van der Waals surface area contributed by atoms with Crippen LogP contribution in [0.15, 0.2) is 85.1 Å². The summed E-state index contributed by atoms with van der Waals surface area (Å²) in [5, 5.41) is 0. The molecule has 0 aliphatic carbocycles. The molecular formula is C57H96O6. The first kappa shape index (κ1) is 59.6. The summed E-state index contributed by atoms with van der Waals surface area (Å²) in [7, 11) is 0. The van der Waals surface area contributed by atoms with Crippen LogP contribution < -0.4 is 0 Å². The number of allylic oxidation sites excluding steroid dienone is 14. The van der Waals surface area contributed by atoms with Crippen LogP contribution in [0.2, 0.25) is 0 Å². The van der Waals surface area contributed by atoms with Gasteiger partial charge in [-0.15, -0.1) is 0 Å². The molecule has 6 nitrogen and oxygen atoms in total. The number of hydrogen-bond acceptors (Lipinski definition) is 6. The van der Waals surface area contributed by atoms with Crippen LogP contribution >= 0.6 is 0 Å². The Morgan fingerprint density at radius 1 is 0.317 bits per heavy atom. The van der Waals surface area contributed by atoms with E-state index in [9.17, 15) is 14.4 Å². The Kier molecular flexibility index (Phi) is 48.5. The maximum atomic E-state index is 12.8. The summed E-state index contributed by atoms with van der Waals surface area (Å²) in [6.45, 7) is 6.50. The van der Waals surface area contributed by atoms with Gasteiger partial charge in [0, 0.05) is 19.3 Å². The van der Waals surface area contributed by atoms with Gasteiger partial charge >= 0.3 is 17.9 Å². The summed E-state index contributed by atoms with van der Waals surface area (Å²) in [4.78, 5) is 37.9. The molecule has 0 saturated heterocycles. The molecular weight excluding hydrogens is 781 g/mol. The van der Waals surface area contributed by atoms with Crippen LogP contribution in [0.4, 0.5) is 0 Å². The van der Waals surface area contributed by atoms with E-state index in [1.807, 2.05) is 0 Å². The number of rotatable bonds is 46. The Morgan fingerprint density at radius 2 is 0.587 bits per heavy atom. The zero-order chi connectivity index (χ0) is 45.8. The zero-order valence-electron chi connectivity index (χ0n) is 41.1. The highest BCUT2D eigenvalue weighted by Gasteiger charge is 2.19. The van der Waals surface area contributed by atoms with Crippen molar-refractivity contribution in [3.05, 3.63) is 85.1 Å². The first-order valence-electron chi connectivity index (χ1n) is 26.1. The van der Waals surface area contributed by atoms with Gasteiger partial charge in [-0.1, -0.05) is 209 Å². The molecule has 0 heterocycles. The van der Waals surface area contributed by atoms with E-state index in [4.69, 9.17) is 14.2 Å². The molecule has 63 heavy (non-hydrogen) atoms. The molecule has 0 saturated carbocycles. The molecule has 0 fully saturated rings. The van der Waals surface area contributed by atoms with Crippen molar-refractivity contribution in [2.45, 2.75) is 245 Å². The van der Waals surface area contributed by atoms with Gasteiger partial charge in [0.05, 0.1) is 0 Å². The monoisotopic (exact) mass is 877 g/mol. The molecule has 0 aromatic heterocycles. The first-order chi connectivity index (χ1) is 31.0. The molecule has 0 amide bonds. The topological polar surface area (TPSA) is 78.9 Å². The van der Waals surface area contributed by atoms with Crippen molar-refractivity contribution in [1.82, 2.24) is 0 Å². The van der Waals surface area contributed by atoms with Gasteiger partial charge in [0.25, 0.3) is 0 Å². The fourth-order valence-electron chi connectivity index (χ4n) is 6.91. The smallest absolute Gasteiger partial charge is 0.306 e. The van der Waals surface area contributed by atoms with Crippen molar-refractivity contribution in [3.8, 4) is 0 Å². The standard InChI is InChI=1S/C57H96O6/c1-4-7-10-13-16-19-22-24-26-28-30-32-35-38-41-44-47-50-56(59)62-53-54(52-61-55(58)49-46-43-40-37-34-21-18-15-12-9-6-3)63-57(60)51-48-45-42-39-36-33-31-29-27-25-23-20-17-14-11-8-5-2/h16-17,19-20,24-27,30-33,39,42,54H,4-15,18,21-23,28-29,34-38,40-41,43-53H2,1-3H3/b19-16-,20-17-,26-24-,27-25-,32-30-,33-31-,42-39-/t54-/m0/s1. The SMILES string of the molecule is CCCCC/C=C\C/C=C\C/C=C\C/C=C\CCCC(=O)O[C@H](COC(=O)CCCCCC/C=C\C/C=C\C/C=C\CCCCC)COC(=O)CCCCCCCCCCCCC. The Balaban J connectivity index is 4.51. The summed E-state index contributed by atoms with van der Waals surface area (Å²) in [5.41, 5.74) is 0. The minimum absolute atomic E-state index is 0.105. The second-order valence-corrected chi connectivity index (χ2v) is 17.1. The summed E-state index contributed by atoms with van der Waals surface area (Å²) < 4.78 is 16.7. The van der Waals surface area contributed by atoms with Crippen LogP contribution in [0.5, 0.6) is 0 Å². The summed E-state index contributed by atoms with van der Waals surface area (Å²) >= 11 is 0. The predicted octanol–water partition coefficient (Wildman–Crippen LogP) is 17.2. The third-order valence-electron chi connectivity index (χ3n) is 10.9. The van der Waals surface area contributed by atoms with Gasteiger partial charge in [0.15, 0.2) is 6.10 Å². The molecule has 0 spiro atoms. The minimum Gasteiger partial charge on any atom is -0.462 e. The lowest BCUT2D eigenvalue weighted by Crippen LogP contribution is -2.30. The summed E-state index contributed by atoms with van der Waals surface area (Å²) in [5.74, 6) is -0.985. The predicted molar refractivity (Wildman–Crippen MR) is 270 cm³/mol. The lowest BCUT2D eigenvalue weighted by Gasteiger charge is -2.18. The number of hydrogen-bond donors (Lipinski definition) is 0. The molecule has 0 unspecified atom stereocenters. The van der Waals surface area contributed by atoms with Crippen LogP contribution in [0.3, 0.4) is 0 Å². The molecule has 0 bridgehead atoms. The van der Waals surface area contributed by atoms with Crippen molar-refractivity contribution in [3.63, 3.8) is 0 Å². The minimum atomic E-state index is -0.812. The van der Waals surface area contributed by atoms with E-state index in [2.05, 4.69) is 106 Å². The molecule has 0 aromatic rings. The van der Waals surface area contributed by atoms with Crippen molar-refractivity contribution < 1.29 is 28.6 Å². The number of unbranched alkanes of at least 4 members (excludes halogenated alkanes) is 21. The molecule has 0 rings (SSSR count). The highest BCUT2D eigenvalue weighted by atomic mass is 16.6. The van der Waals surface area contributed by atoms with E-state index in [0.29, 0.717) is 19.3 Å². The van der Waals surface area contributed by atoms with E-state index >= 15 is 0 Å². The van der Waals surface area contributed by atoms with Crippen LogP contribution in [-0.4, -0.2) is 37.2 Å². The molecule has 0 N–H and O–H groups in total. The lowest BCUT2D eigenvalue weighted by atomic mass is 10.1. The van der Waals surface area contributed by atoms with E-state index < -0.39 is 6.10 Å². The van der Waals surface area contributed by atoms with Gasteiger partial charge < -0.3 is 14.2 Å². The van der Waals surface area contributed by atoms with Crippen LogP contribution in [0, 0.1) is 0 Å². The van der Waals surface area contributed by atoms with Gasteiger partial charge in [0.2, 0.25) is 0 Å². The third-order valence-corrected chi connectivity index (χ3v) is 10.9. The van der Waals surface area contributed by atoms with E-state index in [-0.39, 0.29) is 37.5 Å². The Labute approximate surface area is 388 Å². The van der Waals surface area contributed by atoms with E-state index in [1.54, 1.807) is 0 Å². The zero-order valence-corrected chi connectivity index (χ0v) is 41.1. The Bertz CT molecular complexity index is 1240. The summed E-state index contributed by atoms with van der Waals surface area (Å²) in [6, 6.07) is 0. The molecule has 0 aromatic carbocycles. The fraction of sp³-hybridized carbons (Fsp3) is 0.702. The maximum Gasteiger partial charge on any atom is 0.306 e. The van der Waals surface area contributed by atoms with Gasteiger partial charge in [0.1, 0.15) is 13.2 Å². The van der Waals surface area contributed by atoms with Gasteiger partial charge in [-0.05, 0) is 96.3 Å². The highest BCUT2D eigenvalue weighted by molar-refractivity contribution is 5.71. The average molecular weight is 877 g/mol. The number of esters is 3. The molecule has 360 valence electrons. The normalized spacial score (nSPS) is 12.7. The number of carbonyl (C=O) groups is 3. The van der Waals surface area contributed by atoms with Crippen molar-refractivity contribution in [2.75, 3.05) is 13.2 Å². The first-order valence-corrected chi connectivity index (χ1v) is 26.1. The maximum absolute atomic E-state index is 12.8. The lowest BCUT2D eigenvalue weighted by molar-refractivity contribution is -0.167.